The number of halogens is 1. The molecule has 0 amide bonds. The predicted octanol–water partition coefficient (Wildman–Crippen LogP) is 2.63. The van der Waals surface area contributed by atoms with Gasteiger partial charge in [0.05, 0.1) is 4.99 Å². The highest BCUT2D eigenvalue weighted by Gasteiger charge is 2.12. The molecule has 0 heterocycles. The molecule has 1 aromatic carbocycles. The van der Waals surface area contributed by atoms with E-state index in [0.717, 1.165) is 11.1 Å². The number of nitrogens with two attached hydrogens (primary N) is 1. The fourth-order valence-electron chi connectivity index (χ4n) is 1.65. The zero-order chi connectivity index (χ0) is 13.0. The molecule has 0 fully saturated rings. The zero-order valence-electron chi connectivity index (χ0n) is 10.5. The predicted molar refractivity (Wildman–Crippen MR) is 73.5 cm³/mol. The Morgan fingerprint density at radius 3 is 2.65 bits per heavy atom. The molecule has 94 valence electrons. The zero-order valence-corrected chi connectivity index (χ0v) is 11.4. The first-order valence-electron chi connectivity index (χ1n) is 5.67. The second-order valence-electron chi connectivity index (χ2n) is 4.54. The van der Waals surface area contributed by atoms with E-state index in [4.69, 9.17) is 18.0 Å². The Labute approximate surface area is 108 Å². The van der Waals surface area contributed by atoms with Gasteiger partial charge < -0.3 is 5.73 Å². The van der Waals surface area contributed by atoms with E-state index in [0.29, 0.717) is 24.1 Å². The Morgan fingerprint density at radius 1 is 1.47 bits per heavy atom. The van der Waals surface area contributed by atoms with Gasteiger partial charge in [0.2, 0.25) is 0 Å². The summed E-state index contributed by atoms with van der Waals surface area (Å²) in [7, 11) is 0. The van der Waals surface area contributed by atoms with Crippen LogP contribution in [0.15, 0.2) is 18.2 Å². The molecule has 1 rings (SSSR count). The standard InChI is InChI=1S/C13H19FN2S/c1-9(2)16(8-13(15)17)7-11-6-12(14)5-4-10(11)3/h4-6,9H,7-8H2,1-3H3,(H2,15,17). The molecule has 0 aliphatic carbocycles. The average molecular weight is 254 g/mol. The second-order valence-corrected chi connectivity index (χ2v) is 5.06. The van der Waals surface area contributed by atoms with Crippen molar-refractivity contribution in [1.29, 1.82) is 0 Å². The Morgan fingerprint density at radius 2 is 2.12 bits per heavy atom. The van der Waals surface area contributed by atoms with E-state index in [-0.39, 0.29) is 5.82 Å². The molecule has 0 aliphatic rings. The average Bonchev–Trinajstić information content (AvgIpc) is 2.21. The molecule has 0 spiro atoms. The SMILES string of the molecule is Cc1ccc(F)cc1CN(CC(N)=S)C(C)C. The molecule has 1 aromatic rings. The van der Waals surface area contributed by atoms with Gasteiger partial charge in [-0.1, -0.05) is 18.3 Å². The molecular weight excluding hydrogens is 235 g/mol. The molecule has 0 unspecified atom stereocenters. The summed E-state index contributed by atoms with van der Waals surface area (Å²) in [5.41, 5.74) is 7.63. The normalized spacial score (nSPS) is 11.2. The topological polar surface area (TPSA) is 29.3 Å². The number of rotatable bonds is 5. The summed E-state index contributed by atoms with van der Waals surface area (Å²) in [5.74, 6) is -0.204. The number of aryl methyl sites for hydroxylation is 1. The Hall–Kier alpha value is -1.00. The molecule has 0 bridgehead atoms. The van der Waals surface area contributed by atoms with Crippen LogP contribution in [-0.2, 0) is 6.54 Å². The van der Waals surface area contributed by atoms with Crippen molar-refractivity contribution >= 4 is 17.2 Å². The van der Waals surface area contributed by atoms with Crippen molar-refractivity contribution in [3.8, 4) is 0 Å². The summed E-state index contributed by atoms with van der Waals surface area (Å²) in [6.45, 7) is 7.36. The van der Waals surface area contributed by atoms with E-state index in [1.165, 1.54) is 6.07 Å². The highest BCUT2D eigenvalue weighted by molar-refractivity contribution is 7.80. The van der Waals surface area contributed by atoms with Crippen LogP contribution in [0.1, 0.15) is 25.0 Å². The highest BCUT2D eigenvalue weighted by atomic mass is 32.1. The summed E-state index contributed by atoms with van der Waals surface area (Å²) in [6, 6.07) is 5.17. The van der Waals surface area contributed by atoms with Crippen molar-refractivity contribution < 1.29 is 4.39 Å². The summed E-state index contributed by atoms with van der Waals surface area (Å²) in [5, 5.41) is 0. The van der Waals surface area contributed by atoms with Gasteiger partial charge in [0.15, 0.2) is 0 Å². The summed E-state index contributed by atoms with van der Waals surface area (Å²) < 4.78 is 13.2. The van der Waals surface area contributed by atoms with Crippen LogP contribution in [0.5, 0.6) is 0 Å². The van der Waals surface area contributed by atoms with E-state index in [1.54, 1.807) is 12.1 Å². The van der Waals surface area contributed by atoms with Gasteiger partial charge in [-0.3, -0.25) is 4.90 Å². The van der Waals surface area contributed by atoms with Crippen LogP contribution in [0.2, 0.25) is 0 Å². The van der Waals surface area contributed by atoms with Gasteiger partial charge in [-0.05, 0) is 44.0 Å². The molecule has 2 N–H and O–H groups in total. The van der Waals surface area contributed by atoms with Crippen LogP contribution >= 0.6 is 12.2 Å². The van der Waals surface area contributed by atoms with Crippen LogP contribution in [0.3, 0.4) is 0 Å². The third kappa shape index (κ3) is 4.40. The van der Waals surface area contributed by atoms with Gasteiger partial charge in [-0.2, -0.15) is 0 Å². The number of benzene rings is 1. The fourth-order valence-corrected chi connectivity index (χ4v) is 1.82. The Kier molecular flexibility index (Phi) is 5.02. The van der Waals surface area contributed by atoms with Gasteiger partial charge in [0.25, 0.3) is 0 Å². The van der Waals surface area contributed by atoms with Gasteiger partial charge in [-0.15, -0.1) is 0 Å². The lowest BCUT2D eigenvalue weighted by atomic mass is 10.1. The largest absolute Gasteiger partial charge is 0.392 e. The number of hydrogen-bond acceptors (Lipinski definition) is 2. The molecule has 0 saturated heterocycles. The first-order valence-corrected chi connectivity index (χ1v) is 6.08. The molecule has 0 saturated carbocycles. The van der Waals surface area contributed by atoms with E-state index in [1.807, 2.05) is 6.92 Å². The van der Waals surface area contributed by atoms with E-state index >= 15 is 0 Å². The van der Waals surface area contributed by atoms with E-state index in [2.05, 4.69) is 18.7 Å². The molecule has 0 aliphatic heterocycles. The van der Waals surface area contributed by atoms with Crippen LogP contribution in [0, 0.1) is 12.7 Å². The molecular formula is C13H19FN2S. The Balaban J connectivity index is 2.85. The third-order valence-electron chi connectivity index (χ3n) is 2.77. The van der Waals surface area contributed by atoms with Crippen molar-refractivity contribution in [2.45, 2.75) is 33.4 Å². The maximum absolute atomic E-state index is 13.2. The molecule has 0 atom stereocenters. The van der Waals surface area contributed by atoms with Crippen LogP contribution in [0.25, 0.3) is 0 Å². The van der Waals surface area contributed by atoms with E-state index in [9.17, 15) is 4.39 Å². The first-order chi connectivity index (χ1) is 7.90. The van der Waals surface area contributed by atoms with Crippen molar-refractivity contribution in [2.75, 3.05) is 6.54 Å². The van der Waals surface area contributed by atoms with Gasteiger partial charge in [-0.25, -0.2) is 4.39 Å². The summed E-state index contributed by atoms with van der Waals surface area (Å²) in [6.07, 6.45) is 0. The Bertz CT molecular complexity index is 404. The smallest absolute Gasteiger partial charge is 0.123 e. The van der Waals surface area contributed by atoms with Crippen molar-refractivity contribution in [3.05, 3.63) is 35.1 Å². The lowest BCUT2D eigenvalue weighted by Crippen LogP contribution is -2.37. The number of nitrogens with zero attached hydrogens (tertiary/aromatic N) is 1. The molecule has 0 radical (unpaired) electrons. The fraction of sp³-hybridized carbons (Fsp3) is 0.462. The lowest BCUT2D eigenvalue weighted by molar-refractivity contribution is 0.244. The van der Waals surface area contributed by atoms with Crippen molar-refractivity contribution in [2.24, 2.45) is 5.73 Å². The second kappa shape index (κ2) is 6.07. The third-order valence-corrected chi connectivity index (χ3v) is 2.90. The van der Waals surface area contributed by atoms with Gasteiger partial charge in [0.1, 0.15) is 5.82 Å². The maximum Gasteiger partial charge on any atom is 0.123 e. The minimum atomic E-state index is -0.204. The maximum atomic E-state index is 13.2. The molecule has 4 heteroatoms. The van der Waals surface area contributed by atoms with Crippen LogP contribution in [-0.4, -0.2) is 22.5 Å². The van der Waals surface area contributed by atoms with Crippen molar-refractivity contribution in [1.82, 2.24) is 4.90 Å². The van der Waals surface area contributed by atoms with Crippen molar-refractivity contribution in [3.63, 3.8) is 0 Å². The summed E-state index contributed by atoms with van der Waals surface area (Å²) >= 11 is 4.93. The number of thiocarbonyl (C=S) groups is 1. The minimum Gasteiger partial charge on any atom is -0.392 e. The van der Waals surface area contributed by atoms with Crippen LogP contribution in [0.4, 0.5) is 4.39 Å². The first kappa shape index (κ1) is 14.1. The highest BCUT2D eigenvalue weighted by Crippen LogP contribution is 2.14. The molecule has 2 nitrogen and oxygen atoms in total. The van der Waals surface area contributed by atoms with Crippen LogP contribution < -0.4 is 5.73 Å². The van der Waals surface area contributed by atoms with E-state index < -0.39 is 0 Å². The summed E-state index contributed by atoms with van der Waals surface area (Å²) in [4.78, 5) is 2.59. The minimum absolute atomic E-state index is 0.204. The van der Waals surface area contributed by atoms with Gasteiger partial charge >= 0.3 is 0 Å². The number of hydrogen-bond donors (Lipinski definition) is 1. The monoisotopic (exact) mass is 254 g/mol. The quantitative estimate of drug-likeness (QED) is 0.819. The molecule has 17 heavy (non-hydrogen) atoms. The lowest BCUT2D eigenvalue weighted by Gasteiger charge is -2.26. The molecule has 0 aromatic heterocycles. The van der Waals surface area contributed by atoms with Gasteiger partial charge in [0, 0.05) is 19.1 Å².